The third-order valence-electron chi connectivity index (χ3n) is 3.70. The lowest BCUT2D eigenvalue weighted by Gasteiger charge is -2.09. The molecule has 9 heteroatoms. The normalized spacial score (nSPS) is 15.4. The van der Waals surface area contributed by atoms with Gasteiger partial charge in [-0.3, -0.25) is 19.3 Å². The maximum atomic E-state index is 12.3. The van der Waals surface area contributed by atoms with Crippen molar-refractivity contribution in [2.75, 3.05) is 13.7 Å². The van der Waals surface area contributed by atoms with Crippen LogP contribution in [0, 0.1) is 0 Å². The van der Waals surface area contributed by atoms with Gasteiger partial charge in [0.2, 0.25) is 0 Å². The lowest BCUT2D eigenvalue weighted by atomic mass is 10.1. The molecule has 0 bridgehead atoms. The second-order valence-corrected chi connectivity index (χ2v) is 6.42. The Bertz CT molecular complexity index is 958. The summed E-state index contributed by atoms with van der Waals surface area (Å²) in [5.74, 6) is -1.49. The Morgan fingerprint density at radius 2 is 1.89 bits per heavy atom. The number of esters is 1. The van der Waals surface area contributed by atoms with Crippen molar-refractivity contribution in [2.24, 2.45) is 0 Å². The van der Waals surface area contributed by atoms with Crippen LogP contribution < -0.4 is 0 Å². The Morgan fingerprint density at radius 1 is 1.19 bits per heavy atom. The van der Waals surface area contributed by atoms with Crippen LogP contribution in [0.15, 0.2) is 45.7 Å². The number of rotatable bonds is 5. The number of imide groups is 1. The monoisotopic (exact) mass is 387 g/mol. The van der Waals surface area contributed by atoms with E-state index in [0.717, 1.165) is 4.90 Å². The molecule has 1 aromatic heterocycles. The molecule has 1 saturated heterocycles. The molecule has 1 fully saturated rings. The summed E-state index contributed by atoms with van der Waals surface area (Å²) in [5, 5.41) is 8.36. The van der Waals surface area contributed by atoms with E-state index in [2.05, 4.69) is 4.74 Å². The number of methoxy groups -OCH3 is 1. The van der Waals surface area contributed by atoms with Gasteiger partial charge in [0.05, 0.1) is 17.6 Å². The fourth-order valence-corrected chi connectivity index (χ4v) is 3.14. The zero-order valence-electron chi connectivity index (χ0n) is 14.0. The third kappa shape index (κ3) is 3.93. The molecule has 2 aromatic rings. The number of furan rings is 1. The van der Waals surface area contributed by atoms with Crippen molar-refractivity contribution in [3.63, 3.8) is 0 Å². The molecule has 2 heterocycles. The highest BCUT2D eigenvalue weighted by molar-refractivity contribution is 8.18. The zero-order chi connectivity index (χ0) is 19.6. The van der Waals surface area contributed by atoms with Gasteiger partial charge in [0, 0.05) is 11.6 Å². The quantitative estimate of drug-likeness (QED) is 0.615. The zero-order valence-corrected chi connectivity index (χ0v) is 14.8. The van der Waals surface area contributed by atoms with E-state index in [9.17, 15) is 19.2 Å². The molecule has 8 nitrogen and oxygen atoms in total. The Kier molecular flexibility index (Phi) is 5.13. The average Bonchev–Trinajstić information content (AvgIpc) is 3.22. The smallest absolute Gasteiger partial charge is 0.335 e. The van der Waals surface area contributed by atoms with Gasteiger partial charge in [-0.05, 0) is 36.0 Å². The molecule has 0 saturated carbocycles. The van der Waals surface area contributed by atoms with Gasteiger partial charge in [0.1, 0.15) is 18.1 Å². The Morgan fingerprint density at radius 3 is 2.52 bits per heavy atom. The molecule has 1 aromatic carbocycles. The number of hydrogen-bond acceptors (Lipinski definition) is 7. The van der Waals surface area contributed by atoms with Crippen LogP contribution in [0.25, 0.3) is 17.4 Å². The predicted molar refractivity (Wildman–Crippen MR) is 95.8 cm³/mol. The second kappa shape index (κ2) is 7.50. The summed E-state index contributed by atoms with van der Waals surface area (Å²) in [6, 6.07) is 9.41. The van der Waals surface area contributed by atoms with Gasteiger partial charge >= 0.3 is 11.9 Å². The molecule has 1 N–H and O–H groups in total. The average molecular weight is 387 g/mol. The van der Waals surface area contributed by atoms with Crippen LogP contribution in [0.3, 0.4) is 0 Å². The lowest BCUT2D eigenvalue weighted by molar-refractivity contribution is -0.143. The molecule has 138 valence electrons. The topological polar surface area (TPSA) is 114 Å². The molecular formula is C18H13NO7S. The fourth-order valence-electron chi connectivity index (χ4n) is 2.32. The SMILES string of the molecule is COC(=O)CN1C(=O)S/C(=C\c2ccc(-c3ccc(C(=O)O)cc3)o2)C1=O. The van der Waals surface area contributed by atoms with Crippen molar-refractivity contribution >= 4 is 40.9 Å². The molecule has 1 aliphatic rings. The highest BCUT2D eigenvalue weighted by atomic mass is 32.2. The first-order valence-electron chi connectivity index (χ1n) is 7.65. The number of hydrogen-bond donors (Lipinski definition) is 1. The van der Waals surface area contributed by atoms with E-state index in [1.165, 1.54) is 25.3 Å². The largest absolute Gasteiger partial charge is 0.478 e. The van der Waals surface area contributed by atoms with E-state index >= 15 is 0 Å². The van der Waals surface area contributed by atoms with Crippen LogP contribution in [0.4, 0.5) is 4.79 Å². The van der Waals surface area contributed by atoms with Gasteiger partial charge in [-0.1, -0.05) is 12.1 Å². The maximum absolute atomic E-state index is 12.3. The van der Waals surface area contributed by atoms with E-state index in [4.69, 9.17) is 9.52 Å². The van der Waals surface area contributed by atoms with E-state index in [1.807, 2.05) is 0 Å². The minimum atomic E-state index is -1.02. The number of aromatic carboxylic acids is 1. The number of carboxylic acid groups (broad SMARTS) is 1. The summed E-state index contributed by atoms with van der Waals surface area (Å²) >= 11 is 0.705. The summed E-state index contributed by atoms with van der Waals surface area (Å²) in [6.07, 6.45) is 1.41. The van der Waals surface area contributed by atoms with Gasteiger partial charge in [-0.25, -0.2) is 4.79 Å². The Labute approximate surface area is 157 Å². The van der Waals surface area contributed by atoms with Crippen molar-refractivity contribution < 1.29 is 33.4 Å². The predicted octanol–water partition coefficient (Wildman–Crippen LogP) is 2.85. The first kappa shape index (κ1) is 18.5. The first-order valence-corrected chi connectivity index (χ1v) is 8.46. The van der Waals surface area contributed by atoms with E-state index in [0.29, 0.717) is 28.8 Å². The van der Waals surface area contributed by atoms with Gasteiger partial charge in [0.25, 0.3) is 11.1 Å². The lowest BCUT2D eigenvalue weighted by Crippen LogP contribution is -2.34. The van der Waals surface area contributed by atoms with Crippen LogP contribution in [0.1, 0.15) is 16.1 Å². The van der Waals surface area contributed by atoms with Crippen LogP contribution >= 0.6 is 11.8 Å². The number of carboxylic acids is 1. The van der Waals surface area contributed by atoms with Gasteiger partial charge < -0.3 is 14.3 Å². The molecule has 1 aliphatic heterocycles. The van der Waals surface area contributed by atoms with Crippen molar-refractivity contribution in [1.82, 2.24) is 4.90 Å². The number of ether oxygens (including phenoxy) is 1. The highest BCUT2D eigenvalue weighted by Crippen LogP contribution is 2.33. The number of carbonyl (C=O) groups excluding carboxylic acids is 3. The van der Waals surface area contributed by atoms with Crippen molar-refractivity contribution in [1.29, 1.82) is 0 Å². The highest BCUT2D eigenvalue weighted by Gasteiger charge is 2.36. The molecule has 3 rings (SSSR count). The second-order valence-electron chi connectivity index (χ2n) is 5.43. The summed E-state index contributed by atoms with van der Waals surface area (Å²) < 4.78 is 10.1. The summed E-state index contributed by atoms with van der Waals surface area (Å²) in [6.45, 7) is -0.447. The number of carbonyl (C=O) groups is 4. The Hall–Kier alpha value is -3.33. The van der Waals surface area contributed by atoms with Gasteiger partial charge in [-0.2, -0.15) is 0 Å². The molecule has 0 radical (unpaired) electrons. The molecule has 0 spiro atoms. The molecule has 27 heavy (non-hydrogen) atoms. The van der Waals surface area contributed by atoms with Crippen LogP contribution in [-0.4, -0.2) is 46.7 Å². The molecule has 0 atom stereocenters. The fraction of sp³-hybridized carbons (Fsp3) is 0.111. The van der Waals surface area contributed by atoms with E-state index in [1.54, 1.807) is 24.3 Å². The van der Waals surface area contributed by atoms with Crippen LogP contribution in [-0.2, 0) is 14.3 Å². The van der Waals surface area contributed by atoms with Gasteiger partial charge in [0.15, 0.2) is 0 Å². The first-order chi connectivity index (χ1) is 12.9. The number of thioether (sulfide) groups is 1. The number of amides is 2. The molecular weight excluding hydrogens is 374 g/mol. The number of nitrogens with zero attached hydrogens (tertiary/aromatic N) is 1. The van der Waals surface area contributed by atoms with Crippen LogP contribution in [0.2, 0.25) is 0 Å². The standard InChI is InChI=1S/C18H13NO7S/c1-25-15(20)9-19-16(21)14(27-18(19)24)8-12-6-7-13(26-12)10-2-4-11(5-3-10)17(22)23/h2-8H,9H2,1H3,(H,22,23)/b14-8-. The number of benzene rings is 1. The summed E-state index contributed by atoms with van der Waals surface area (Å²) in [5.41, 5.74) is 0.822. The van der Waals surface area contributed by atoms with Crippen molar-refractivity contribution in [2.45, 2.75) is 0 Å². The third-order valence-corrected chi connectivity index (χ3v) is 4.61. The molecule has 0 aliphatic carbocycles. The van der Waals surface area contributed by atoms with E-state index < -0.39 is 29.6 Å². The van der Waals surface area contributed by atoms with Crippen molar-refractivity contribution in [3.05, 3.63) is 52.6 Å². The molecule has 0 unspecified atom stereocenters. The summed E-state index contributed by atoms with van der Waals surface area (Å²) in [7, 11) is 1.17. The van der Waals surface area contributed by atoms with E-state index in [-0.39, 0.29) is 10.5 Å². The van der Waals surface area contributed by atoms with Crippen molar-refractivity contribution in [3.8, 4) is 11.3 Å². The Balaban J connectivity index is 1.78. The van der Waals surface area contributed by atoms with Crippen LogP contribution in [0.5, 0.6) is 0 Å². The summed E-state index contributed by atoms with van der Waals surface area (Å²) in [4.78, 5) is 47.3. The molecule has 2 amide bonds. The van der Waals surface area contributed by atoms with Gasteiger partial charge in [-0.15, -0.1) is 0 Å². The minimum absolute atomic E-state index is 0.131. The maximum Gasteiger partial charge on any atom is 0.335 e. The minimum Gasteiger partial charge on any atom is -0.478 e.